The number of halogens is 3. The summed E-state index contributed by atoms with van der Waals surface area (Å²) in [5.74, 6) is -1.18. The molecule has 12 heteroatoms. The number of carbonyl (C=O) groups is 1. The first-order valence-electron chi connectivity index (χ1n) is 10.4. The molecule has 0 fully saturated rings. The average molecular weight is 503 g/mol. The number of rotatable bonds is 7. The van der Waals surface area contributed by atoms with Crippen molar-refractivity contribution in [2.75, 3.05) is 18.7 Å². The van der Waals surface area contributed by atoms with E-state index in [-0.39, 0.29) is 30.2 Å². The third-order valence-electron chi connectivity index (χ3n) is 5.69. The van der Waals surface area contributed by atoms with Gasteiger partial charge in [-0.1, -0.05) is 6.92 Å². The van der Waals surface area contributed by atoms with Gasteiger partial charge in [0.2, 0.25) is 0 Å². The Morgan fingerprint density at radius 3 is 2.38 bits per heavy atom. The van der Waals surface area contributed by atoms with Crippen molar-refractivity contribution in [3.63, 3.8) is 0 Å². The quantitative estimate of drug-likeness (QED) is 0.531. The average Bonchev–Trinajstić information content (AvgIpc) is 2.77. The molecule has 1 atom stereocenters. The number of carbonyl (C=O) groups excluding carboxylic acids is 1. The molecule has 0 aliphatic carbocycles. The van der Waals surface area contributed by atoms with Gasteiger partial charge in [-0.05, 0) is 44.9 Å². The van der Waals surface area contributed by atoms with Crippen LogP contribution in [0.2, 0.25) is 0 Å². The number of methoxy groups -OCH3 is 1. The largest absolute Gasteiger partial charge is 0.508 e. The molecule has 0 bridgehead atoms. The second kappa shape index (κ2) is 9.32. The van der Waals surface area contributed by atoms with Crippen LogP contribution in [0, 0.1) is 0 Å². The van der Waals surface area contributed by atoms with Gasteiger partial charge in [-0.2, -0.15) is 13.2 Å². The molecule has 2 aromatic rings. The molecule has 1 aromatic heterocycles. The maximum Gasteiger partial charge on any atom is 0.508 e. The van der Waals surface area contributed by atoms with Gasteiger partial charge in [0.25, 0.3) is 0 Å². The zero-order chi connectivity index (χ0) is 25.4. The lowest BCUT2D eigenvalue weighted by Crippen LogP contribution is -2.52. The van der Waals surface area contributed by atoms with Crippen molar-refractivity contribution in [1.82, 2.24) is 4.68 Å². The summed E-state index contributed by atoms with van der Waals surface area (Å²) in [5.41, 5.74) is -4.83. The van der Waals surface area contributed by atoms with Crippen LogP contribution in [-0.4, -0.2) is 39.6 Å². The Kier molecular flexibility index (Phi) is 7.02. The highest BCUT2D eigenvalue weighted by Gasteiger charge is 2.41. The van der Waals surface area contributed by atoms with Gasteiger partial charge in [0, 0.05) is 17.8 Å². The molecule has 0 radical (unpaired) electrons. The Morgan fingerprint density at radius 1 is 1.15 bits per heavy atom. The lowest BCUT2D eigenvalue weighted by Gasteiger charge is -2.45. The predicted octanol–water partition coefficient (Wildman–Crippen LogP) is 3.90. The summed E-state index contributed by atoms with van der Waals surface area (Å²) in [7, 11) is 1.23. The van der Waals surface area contributed by atoms with E-state index >= 15 is 0 Å². The fraction of sp³-hybridized carbons (Fsp3) is 0.455. The summed E-state index contributed by atoms with van der Waals surface area (Å²) in [5, 5.41) is 1.88. The van der Waals surface area contributed by atoms with E-state index < -0.39 is 33.5 Å². The number of fused-ring (bicyclic) bond motifs is 3. The molecule has 0 N–H and O–H groups in total. The molecular formula is C22H25F3N2O6S. The fourth-order valence-electron chi connectivity index (χ4n) is 3.54. The van der Waals surface area contributed by atoms with Crippen LogP contribution in [0.5, 0.6) is 11.5 Å². The molecule has 34 heavy (non-hydrogen) atoms. The van der Waals surface area contributed by atoms with Gasteiger partial charge in [-0.3, -0.25) is 9.47 Å². The maximum absolute atomic E-state index is 12.8. The zero-order valence-electron chi connectivity index (χ0n) is 19.3. The smallest absolute Gasteiger partial charge is 0.493 e. The molecule has 0 saturated heterocycles. The molecule has 1 unspecified atom stereocenters. The minimum absolute atomic E-state index is 0.0898. The molecule has 2 heterocycles. The lowest BCUT2D eigenvalue weighted by molar-refractivity contribution is -0.0438. The van der Waals surface area contributed by atoms with E-state index in [1.54, 1.807) is 11.6 Å². The first kappa shape index (κ1) is 25.6. The van der Waals surface area contributed by atoms with Gasteiger partial charge in [0.05, 0.1) is 31.5 Å². The molecule has 1 aliphatic rings. The minimum Gasteiger partial charge on any atom is -0.493 e. The second-order valence-electron chi connectivity index (χ2n) is 8.15. The lowest BCUT2D eigenvalue weighted by atomic mass is 9.95. The number of benzene rings is 1. The van der Waals surface area contributed by atoms with Crippen molar-refractivity contribution in [2.24, 2.45) is 0 Å². The van der Waals surface area contributed by atoms with Gasteiger partial charge < -0.3 is 18.7 Å². The number of pyridine rings is 1. The van der Waals surface area contributed by atoms with Crippen LogP contribution in [0.25, 0.3) is 11.3 Å². The topological polar surface area (TPSA) is 87.1 Å². The van der Waals surface area contributed by atoms with Gasteiger partial charge in [0.1, 0.15) is 5.56 Å². The van der Waals surface area contributed by atoms with Gasteiger partial charge in [-0.25, -0.2) is 9.00 Å². The number of ether oxygens (including phenoxy) is 2. The molecule has 0 amide bonds. The number of hydrogen-bond acceptors (Lipinski definition) is 7. The number of hydrogen-bond donors (Lipinski definition) is 0. The molecule has 186 valence electrons. The van der Waals surface area contributed by atoms with Crippen molar-refractivity contribution in [3.8, 4) is 22.8 Å². The normalized spacial score (nSPS) is 14.2. The molecule has 8 nitrogen and oxygen atoms in total. The molecule has 0 saturated carbocycles. The summed E-state index contributed by atoms with van der Waals surface area (Å²) in [4.78, 5) is 25.1. The van der Waals surface area contributed by atoms with E-state index in [1.165, 1.54) is 31.5 Å². The Labute approximate surface area is 196 Å². The summed E-state index contributed by atoms with van der Waals surface area (Å²) in [6.07, 6.45) is 2.08. The molecule has 3 rings (SSSR count). The predicted molar refractivity (Wildman–Crippen MR) is 120 cm³/mol. The second-order valence-corrected chi connectivity index (χ2v) is 9.25. The highest BCUT2D eigenvalue weighted by Crippen LogP contribution is 2.41. The third kappa shape index (κ3) is 4.77. The Morgan fingerprint density at radius 2 is 1.82 bits per heavy atom. The number of aromatic nitrogens is 1. The number of esters is 1. The van der Waals surface area contributed by atoms with Crippen LogP contribution >= 0.6 is 0 Å². The molecule has 1 aromatic carbocycles. The standard InChI is InChI=1S/C22H25F3N2O6S/c1-6-21(3,4)27-11-13-8-19(33-34(30)22(23,24)25)18(31-5)9-14(13)16-10-17(28)15(12-26(16)27)20(29)32-7-2/h8-10,12H,6-7,11H2,1-5H3. The van der Waals surface area contributed by atoms with E-state index in [9.17, 15) is 27.0 Å². The van der Waals surface area contributed by atoms with E-state index in [1.807, 2.05) is 25.8 Å². The monoisotopic (exact) mass is 502 g/mol. The van der Waals surface area contributed by atoms with Crippen LogP contribution in [-0.2, 0) is 22.4 Å². The number of alkyl halides is 3. The van der Waals surface area contributed by atoms with Gasteiger partial charge in [0.15, 0.2) is 16.9 Å². The highest BCUT2D eigenvalue weighted by atomic mass is 32.2. The fourth-order valence-corrected chi connectivity index (χ4v) is 3.92. The Balaban J connectivity index is 2.24. The number of nitrogens with zero attached hydrogens (tertiary/aromatic N) is 2. The van der Waals surface area contributed by atoms with E-state index in [0.29, 0.717) is 23.2 Å². The first-order valence-corrected chi connectivity index (χ1v) is 11.5. The maximum atomic E-state index is 12.8. The molecular weight excluding hydrogens is 477 g/mol. The van der Waals surface area contributed by atoms with Gasteiger partial charge in [-0.15, -0.1) is 0 Å². The zero-order valence-corrected chi connectivity index (χ0v) is 20.1. The summed E-state index contributed by atoms with van der Waals surface area (Å²) < 4.78 is 66.5. The van der Waals surface area contributed by atoms with Crippen molar-refractivity contribution >= 4 is 17.0 Å². The van der Waals surface area contributed by atoms with Crippen LogP contribution in [0.4, 0.5) is 13.2 Å². The molecule has 1 aliphatic heterocycles. The third-order valence-corrected chi connectivity index (χ3v) is 6.40. The van der Waals surface area contributed by atoms with E-state index in [0.717, 1.165) is 0 Å². The van der Waals surface area contributed by atoms with Crippen molar-refractivity contribution in [3.05, 3.63) is 45.7 Å². The van der Waals surface area contributed by atoms with Crippen molar-refractivity contribution in [2.45, 2.75) is 51.7 Å². The summed E-state index contributed by atoms with van der Waals surface area (Å²) >= 11 is -3.59. The highest BCUT2D eigenvalue weighted by molar-refractivity contribution is 7.81. The van der Waals surface area contributed by atoms with E-state index in [2.05, 4.69) is 4.18 Å². The van der Waals surface area contributed by atoms with Gasteiger partial charge >= 0.3 is 22.6 Å². The van der Waals surface area contributed by atoms with Crippen LogP contribution in [0.15, 0.2) is 29.2 Å². The van der Waals surface area contributed by atoms with E-state index in [4.69, 9.17) is 9.47 Å². The SMILES string of the molecule is CCOC(=O)c1cn2c(cc1=O)-c1cc(OC)c(OS(=O)C(F)(F)F)cc1CN2C(C)(C)CC. The Bertz CT molecular complexity index is 1190. The summed E-state index contributed by atoms with van der Waals surface area (Å²) in [6.45, 7) is 7.79. The minimum atomic E-state index is -5.07. The Hall–Kier alpha value is -3.02. The van der Waals surface area contributed by atoms with Crippen LogP contribution < -0.4 is 19.4 Å². The molecule has 0 spiro atoms. The van der Waals surface area contributed by atoms with Crippen molar-refractivity contribution < 1.29 is 35.8 Å². The van der Waals surface area contributed by atoms with Crippen LogP contribution in [0.1, 0.15) is 50.0 Å². The first-order chi connectivity index (χ1) is 15.8. The van der Waals surface area contributed by atoms with Crippen molar-refractivity contribution in [1.29, 1.82) is 0 Å². The summed E-state index contributed by atoms with van der Waals surface area (Å²) in [6, 6.07) is 4.02. The van der Waals surface area contributed by atoms with Crippen LogP contribution in [0.3, 0.4) is 0 Å².